The molecule has 2 aliphatic heterocycles. The van der Waals surface area contributed by atoms with Gasteiger partial charge in [-0.2, -0.15) is 0 Å². The summed E-state index contributed by atoms with van der Waals surface area (Å²) in [6, 6.07) is 4.44. The van der Waals surface area contributed by atoms with E-state index >= 15 is 0 Å². The number of halogens is 1. The van der Waals surface area contributed by atoms with Crippen molar-refractivity contribution < 1.29 is 23.5 Å². The Balaban J connectivity index is 1.73. The number of rotatable bonds is 4. The maximum atomic E-state index is 14.4. The molecule has 1 N–H and O–H groups in total. The molecule has 24 heavy (non-hydrogen) atoms. The fourth-order valence-electron chi connectivity index (χ4n) is 2.59. The highest BCUT2D eigenvalue weighted by molar-refractivity contribution is 7.80. The number of nitrogens with zero attached hydrogens (tertiary/aromatic N) is 2. The Hall–Kier alpha value is -2.42. The Kier molecular flexibility index (Phi) is 4.52. The van der Waals surface area contributed by atoms with Crippen LogP contribution >= 0.6 is 12.2 Å². The zero-order valence-corrected chi connectivity index (χ0v) is 13.8. The van der Waals surface area contributed by atoms with E-state index in [1.165, 1.54) is 17.9 Å². The van der Waals surface area contributed by atoms with Gasteiger partial charge in [0.1, 0.15) is 18.5 Å². The van der Waals surface area contributed by atoms with Crippen molar-refractivity contribution >= 4 is 40.8 Å². The smallest absolute Gasteiger partial charge is 0.414 e. The molecule has 7 nitrogen and oxygen atoms in total. The van der Waals surface area contributed by atoms with Crippen LogP contribution in [0.15, 0.2) is 18.2 Å². The van der Waals surface area contributed by atoms with Crippen molar-refractivity contribution in [3.8, 4) is 0 Å². The number of ether oxygens (including phenoxy) is 2. The number of hydrogen-bond acceptors (Lipinski definition) is 5. The van der Waals surface area contributed by atoms with E-state index in [0.29, 0.717) is 24.5 Å². The van der Waals surface area contributed by atoms with E-state index in [9.17, 15) is 14.0 Å². The molecule has 2 amide bonds. The van der Waals surface area contributed by atoms with Gasteiger partial charge in [-0.1, -0.05) is 0 Å². The zero-order chi connectivity index (χ0) is 17.3. The molecule has 0 saturated carbocycles. The number of amides is 2. The molecule has 2 fully saturated rings. The first-order valence-electron chi connectivity index (χ1n) is 7.42. The summed E-state index contributed by atoms with van der Waals surface area (Å²) in [6.07, 6.45) is -1.04. The molecule has 0 radical (unpaired) electrons. The summed E-state index contributed by atoms with van der Waals surface area (Å²) >= 11 is 5.02. The van der Waals surface area contributed by atoms with Crippen LogP contribution in [0.2, 0.25) is 0 Å². The minimum Gasteiger partial charge on any atom is -0.469 e. The Morgan fingerprint density at radius 1 is 1.46 bits per heavy atom. The fraction of sp³-hybridized carbons (Fsp3) is 0.400. The largest absolute Gasteiger partial charge is 0.469 e. The maximum Gasteiger partial charge on any atom is 0.414 e. The van der Waals surface area contributed by atoms with Crippen molar-refractivity contribution in [1.82, 2.24) is 5.32 Å². The van der Waals surface area contributed by atoms with E-state index in [-0.39, 0.29) is 24.2 Å². The first-order chi connectivity index (χ1) is 11.5. The maximum absolute atomic E-state index is 14.4. The minimum atomic E-state index is -0.572. The van der Waals surface area contributed by atoms with E-state index in [0.717, 1.165) is 0 Å². The van der Waals surface area contributed by atoms with Crippen molar-refractivity contribution in [2.75, 3.05) is 36.0 Å². The van der Waals surface area contributed by atoms with Crippen LogP contribution in [-0.4, -0.2) is 49.5 Å². The normalized spacial score (nSPS) is 20.2. The molecule has 2 aliphatic rings. The quantitative estimate of drug-likeness (QED) is 0.826. The van der Waals surface area contributed by atoms with Crippen molar-refractivity contribution in [2.24, 2.45) is 0 Å². The van der Waals surface area contributed by atoms with Crippen molar-refractivity contribution in [2.45, 2.75) is 13.0 Å². The van der Waals surface area contributed by atoms with Gasteiger partial charge in [-0.15, -0.1) is 0 Å². The molecule has 1 unspecified atom stereocenters. The predicted molar refractivity (Wildman–Crippen MR) is 88.6 cm³/mol. The molecule has 0 aliphatic carbocycles. The third-order valence-corrected chi connectivity index (χ3v) is 4.09. The first-order valence-corrected chi connectivity index (χ1v) is 7.83. The van der Waals surface area contributed by atoms with E-state index in [2.05, 4.69) is 5.32 Å². The fourth-order valence-corrected chi connectivity index (χ4v) is 2.86. The van der Waals surface area contributed by atoms with E-state index in [1.54, 1.807) is 17.0 Å². The number of nitrogens with one attached hydrogen (secondary N) is 1. The molecular formula is C15H16FN3O4S. The summed E-state index contributed by atoms with van der Waals surface area (Å²) in [4.78, 5) is 25.8. The summed E-state index contributed by atoms with van der Waals surface area (Å²) in [5, 5.41) is 2.82. The molecule has 128 valence electrons. The van der Waals surface area contributed by atoms with Crippen molar-refractivity contribution in [1.29, 1.82) is 0 Å². The molecule has 3 rings (SSSR count). The second-order valence-electron chi connectivity index (χ2n) is 5.46. The summed E-state index contributed by atoms with van der Waals surface area (Å²) in [5.41, 5.74) is 0.696. The number of carbonyl (C=O) groups is 2. The molecule has 9 heteroatoms. The van der Waals surface area contributed by atoms with Gasteiger partial charge in [0.05, 0.1) is 31.0 Å². The number of cyclic esters (lactones) is 1. The van der Waals surface area contributed by atoms with E-state index in [1.807, 2.05) is 0 Å². The summed E-state index contributed by atoms with van der Waals surface area (Å²) in [7, 11) is 0. The lowest BCUT2D eigenvalue weighted by molar-refractivity contribution is -0.119. The molecule has 1 aromatic rings. The van der Waals surface area contributed by atoms with Crippen molar-refractivity contribution in [3.05, 3.63) is 24.0 Å². The standard InChI is InChI=1S/C15H16FN3O4S/c1-9(20)17-7-11-8-19(14(21)23-11)10-2-3-13(12(16)6-10)18-4-5-22-15(18)24/h2-3,6,11H,4-5,7-8H2,1H3,(H,17,20). The Morgan fingerprint density at radius 3 is 2.88 bits per heavy atom. The topological polar surface area (TPSA) is 71.1 Å². The van der Waals surface area contributed by atoms with Crippen LogP contribution in [0.25, 0.3) is 0 Å². The second kappa shape index (κ2) is 6.60. The lowest BCUT2D eigenvalue weighted by Gasteiger charge is -2.18. The average Bonchev–Trinajstić information content (AvgIpc) is 3.11. The number of anilines is 2. The molecule has 2 saturated heterocycles. The van der Waals surface area contributed by atoms with Gasteiger partial charge in [-0.05, 0) is 30.4 Å². The number of benzene rings is 1. The van der Waals surface area contributed by atoms with Crippen LogP contribution < -0.4 is 15.1 Å². The Morgan fingerprint density at radius 2 is 2.25 bits per heavy atom. The SMILES string of the molecule is CC(=O)NCC1CN(c2ccc(N3CCOC3=S)c(F)c2)C(=O)O1. The second-order valence-corrected chi connectivity index (χ2v) is 5.80. The summed E-state index contributed by atoms with van der Waals surface area (Å²) < 4.78 is 24.7. The van der Waals surface area contributed by atoms with Gasteiger partial charge >= 0.3 is 6.09 Å². The highest BCUT2D eigenvalue weighted by atomic mass is 32.1. The molecule has 2 heterocycles. The number of hydrogen-bond donors (Lipinski definition) is 1. The highest BCUT2D eigenvalue weighted by Gasteiger charge is 2.33. The van der Waals surface area contributed by atoms with Crippen LogP contribution in [0.5, 0.6) is 0 Å². The third-order valence-electron chi connectivity index (χ3n) is 3.75. The van der Waals surface area contributed by atoms with Gasteiger partial charge in [0.15, 0.2) is 0 Å². The molecule has 0 bridgehead atoms. The molecular weight excluding hydrogens is 337 g/mol. The Bertz CT molecular complexity index is 699. The van der Waals surface area contributed by atoms with Crippen molar-refractivity contribution in [3.63, 3.8) is 0 Å². The van der Waals surface area contributed by atoms with Crippen LogP contribution in [0.3, 0.4) is 0 Å². The molecule has 0 spiro atoms. The number of thiocarbonyl (C=S) groups is 1. The number of carbonyl (C=O) groups excluding carboxylic acids is 2. The molecule has 0 aromatic heterocycles. The van der Waals surface area contributed by atoms with Crippen LogP contribution in [0, 0.1) is 5.82 Å². The van der Waals surface area contributed by atoms with Gasteiger partial charge in [0.2, 0.25) is 5.91 Å². The first kappa shape index (κ1) is 16.4. The summed E-state index contributed by atoms with van der Waals surface area (Å²) in [6.45, 7) is 2.75. The zero-order valence-electron chi connectivity index (χ0n) is 13.0. The molecule has 1 aromatic carbocycles. The lowest BCUT2D eigenvalue weighted by atomic mass is 10.2. The van der Waals surface area contributed by atoms with Gasteiger partial charge in [-0.3, -0.25) is 14.6 Å². The van der Waals surface area contributed by atoms with E-state index in [4.69, 9.17) is 21.7 Å². The third kappa shape index (κ3) is 3.25. The average molecular weight is 353 g/mol. The monoisotopic (exact) mass is 353 g/mol. The van der Waals surface area contributed by atoms with Gasteiger partial charge < -0.3 is 14.8 Å². The van der Waals surface area contributed by atoms with Crippen LogP contribution in [0.4, 0.5) is 20.6 Å². The van der Waals surface area contributed by atoms with Gasteiger partial charge in [-0.25, -0.2) is 9.18 Å². The van der Waals surface area contributed by atoms with E-state index < -0.39 is 18.0 Å². The molecule has 1 atom stereocenters. The predicted octanol–water partition coefficient (Wildman–Crippen LogP) is 1.41. The Labute approximate surface area is 143 Å². The lowest BCUT2D eigenvalue weighted by Crippen LogP contribution is -2.33. The van der Waals surface area contributed by atoms with Gasteiger partial charge in [0, 0.05) is 6.92 Å². The summed E-state index contributed by atoms with van der Waals surface area (Å²) in [5.74, 6) is -0.706. The van der Waals surface area contributed by atoms with Crippen LogP contribution in [-0.2, 0) is 14.3 Å². The highest BCUT2D eigenvalue weighted by Crippen LogP contribution is 2.29. The minimum absolute atomic E-state index is 0.205. The van der Waals surface area contributed by atoms with Gasteiger partial charge in [0.25, 0.3) is 5.17 Å². The van der Waals surface area contributed by atoms with Crippen LogP contribution in [0.1, 0.15) is 6.92 Å².